The van der Waals surface area contributed by atoms with E-state index in [0.29, 0.717) is 12.3 Å². The second-order valence-electron chi connectivity index (χ2n) is 6.22. The number of nitrogens with zero attached hydrogens (tertiary/aromatic N) is 2. The number of hydrogen-bond donors (Lipinski definition) is 1. The molecule has 122 valence electrons. The molecule has 0 radical (unpaired) electrons. The average Bonchev–Trinajstić information content (AvgIpc) is 3.16. The summed E-state index contributed by atoms with van der Waals surface area (Å²) in [6.07, 6.45) is 1.46. The normalized spacial score (nSPS) is 17.5. The Morgan fingerprint density at radius 3 is 2.83 bits per heavy atom. The van der Waals surface area contributed by atoms with Gasteiger partial charge in [-0.15, -0.1) is 0 Å². The van der Waals surface area contributed by atoms with Gasteiger partial charge in [-0.1, -0.05) is 23.4 Å². The molecule has 1 N–H and O–H groups in total. The highest BCUT2D eigenvalue weighted by Gasteiger charge is 2.23. The SMILES string of the molecule is Cc1noc(C)c1CC(=O)NCC1CCN(c2ccccc2)C1. The number of rotatable bonds is 5. The van der Waals surface area contributed by atoms with Gasteiger partial charge in [0.05, 0.1) is 12.1 Å². The van der Waals surface area contributed by atoms with Crippen LogP contribution in [-0.4, -0.2) is 30.7 Å². The van der Waals surface area contributed by atoms with Crippen molar-refractivity contribution in [2.45, 2.75) is 26.7 Å². The average molecular weight is 313 g/mol. The molecule has 0 bridgehead atoms. The molecule has 0 spiro atoms. The van der Waals surface area contributed by atoms with Gasteiger partial charge >= 0.3 is 0 Å². The first kappa shape index (κ1) is 15.6. The minimum atomic E-state index is 0.0394. The topological polar surface area (TPSA) is 58.4 Å². The number of hydrogen-bond acceptors (Lipinski definition) is 4. The molecule has 1 aliphatic rings. The van der Waals surface area contributed by atoms with Gasteiger partial charge in [0.15, 0.2) is 0 Å². The number of benzene rings is 1. The van der Waals surface area contributed by atoms with Crippen LogP contribution in [0.25, 0.3) is 0 Å². The van der Waals surface area contributed by atoms with Gasteiger partial charge in [-0.25, -0.2) is 0 Å². The van der Waals surface area contributed by atoms with Crippen LogP contribution in [0.2, 0.25) is 0 Å². The summed E-state index contributed by atoms with van der Waals surface area (Å²) < 4.78 is 5.10. The lowest BCUT2D eigenvalue weighted by Crippen LogP contribution is -2.32. The van der Waals surface area contributed by atoms with Crippen molar-refractivity contribution in [2.24, 2.45) is 5.92 Å². The van der Waals surface area contributed by atoms with Crippen LogP contribution in [0, 0.1) is 19.8 Å². The first-order valence-corrected chi connectivity index (χ1v) is 8.12. The molecule has 1 saturated heterocycles. The number of aryl methyl sites for hydroxylation is 2. The van der Waals surface area contributed by atoms with E-state index in [0.717, 1.165) is 43.1 Å². The van der Waals surface area contributed by atoms with Crippen molar-refractivity contribution in [1.29, 1.82) is 0 Å². The van der Waals surface area contributed by atoms with Crippen molar-refractivity contribution in [2.75, 3.05) is 24.5 Å². The molecule has 5 heteroatoms. The summed E-state index contributed by atoms with van der Waals surface area (Å²) in [5.41, 5.74) is 2.96. The van der Waals surface area contributed by atoms with Gasteiger partial charge in [-0.2, -0.15) is 0 Å². The van der Waals surface area contributed by atoms with Crippen molar-refractivity contribution in [3.63, 3.8) is 0 Å². The quantitative estimate of drug-likeness (QED) is 0.921. The molecular formula is C18H23N3O2. The van der Waals surface area contributed by atoms with Crippen molar-refractivity contribution < 1.29 is 9.32 Å². The first-order chi connectivity index (χ1) is 11.1. The fraction of sp³-hybridized carbons (Fsp3) is 0.444. The Hall–Kier alpha value is -2.30. The van der Waals surface area contributed by atoms with Crippen LogP contribution in [-0.2, 0) is 11.2 Å². The Labute approximate surface area is 136 Å². The molecular weight excluding hydrogens is 290 g/mol. The summed E-state index contributed by atoms with van der Waals surface area (Å²) in [6.45, 7) is 6.49. The Kier molecular flexibility index (Phi) is 4.65. The van der Waals surface area contributed by atoms with Gasteiger partial charge in [0.25, 0.3) is 0 Å². The van der Waals surface area contributed by atoms with Crippen LogP contribution in [0.1, 0.15) is 23.4 Å². The predicted molar refractivity (Wildman–Crippen MR) is 89.5 cm³/mol. The zero-order valence-corrected chi connectivity index (χ0v) is 13.7. The van der Waals surface area contributed by atoms with Crippen LogP contribution in [0.5, 0.6) is 0 Å². The number of aromatic nitrogens is 1. The smallest absolute Gasteiger partial charge is 0.224 e. The number of carbonyl (C=O) groups excluding carboxylic acids is 1. The third-order valence-corrected chi connectivity index (χ3v) is 4.51. The molecule has 1 aromatic carbocycles. The van der Waals surface area contributed by atoms with E-state index in [1.54, 1.807) is 0 Å². The van der Waals surface area contributed by atoms with E-state index in [4.69, 9.17) is 4.52 Å². The summed E-state index contributed by atoms with van der Waals surface area (Å²) >= 11 is 0. The minimum Gasteiger partial charge on any atom is -0.371 e. The van der Waals surface area contributed by atoms with Crippen LogP contribution >= 0.6 is 0 Å². The van der Waals surface area contributed by atoms with E-state index in [-0.39, 0.29) is 5.91 Å². The van der Waals surface area contributed by atoms with Crippen LogP contribution < -0.4 is 10.2 Å². The summed E-state index contributed by atoms with van der Waals surface area (Å²) in [4.78, 5) is 14.5. The van der Waals surface area contributed by atoms with Crippen LogP contribution in [0.15, 0.2) is 34.9 Å². The van der Waals surface area contributed by atoms with E-state index in [1.807, 2.05) is 19.9 Å². The molecule has 2 heterocycles. The largest absolute Gasteiger partial charge is 0.371 e. The Morgan fingerprint density at radius 2 is 2.13 bits per heavy atom. The maximum Gasteiger partial charge on any atom is 0.224 e. The summed E-state index contributed by atoms with van der Waals surface area (Å²) in [6, 6.07) is 10.4. The molecule has 1 atom stereocenters. The molecule has 0 aliphatic carbocycles. The van der Waals surface area contributed by atoms with Crippen LogP contribution in [0.4, 0.5) is 5.69 Å². The van der Waals surface area contributed by atoms with Gasteiger partial charge < -0.3 is 14.7 Å². The Balaban J connectivity index is 1.47. The second kappa shape index (κ2) is 6.86. The van der Waals surface area contributed by atoms with Gasteiger partial charge in [0.2, 0.25) is 5.91 Å². The van der Waals surface area contributed by atoms with Crippen molar-refractivity contribution >= 4 is 11.6 Å². The van der Waals surface area contributed by atoms with Crippen molar-refractivity contribution in [3.05, 3.63) is 47.3 Å². The highest BCUT2D eigenvalue weighted by molar-refractivity contribution is 5.79. The van der Waals surface area contributed by atoms with E-state index in [1.165, 1.54) is 5.69 Å². The third kappa shape index (κ3) is 3.73. The highest BCUT2D eigenvalue weighted by Crippen LogP contribution is 2.23. The zero-order valence-electron chi connectivity index (χ0n) is 13.7. The zero-order chi connectivity index (χ0) is 16.2. The fourth-order valence-corrected chi connectivity index (χ4v) is 3.11. The lowest BCUT2D eigenvalue weighted by atomic mass is 10.1. The predicted octanol–water partition coefficient (Wildman–Crippen LogP) is 2.48. The molecule has 1 unspecified atom stereocenters. The molecule has 1 amide bonds. The standard InChI is InChI=1S/C18H23N3O2/c1-13-17(14(2)23-20-13)10-18(22)19-11-15-8-9-21(12-15)16-6-4-3-5-7-16/h3-7,15H,8-12H2,1-2H3,(H,19,22). The fourth-order valence-electron chi connectivity index (χ4n) is 3.11. The van der Waals surface area contributed by atoms with E-state index in [9.17, 15) is 4.79 Å². The molecule has 1 aliphatic heterocycles. The maximum atomic E-state index is 12.1. The van der Waals surface area contributed by atoms with E-state index < -0.39 is 0 Å². The molecule has 2 aromatic rings. The summed E-state index contributed by atoms with van der Waals surface area (Å²) in [7, 11) is 0. The van der Waals surface area contributed by atoms with Crippen molar-refractivity contribution in [3.8, 4) is 0 Å². The molecule has 3 rings (SSSR count). The molecule has 1 aromatic heterocycles. The lowest BCUT2D eigenvalue weighted by Gasteiger charge is -2.18. The first-order valence-electron chi connectivity index (χ1n) is 8.12. The van der Waals surface area contributed by atoms with E-state index >= 15 is 0 Å². The summed E-state index contributed by atoms with van der Waals surface area (Å²) in [5, 5.41) is 6.94. The van der Waals surface area contributed by atoms with E-state index in [2.05, 4.69) is 39.6 Å². The molecule has 23 heavy (non-hydrogen) atoms. The van der Waals surface area contributed by atoms with Gasteiger partial charge in [-0.05, 0) is 38.3 Å². The molecule has 0 saturated carbocycles. The Morgan fingerprint density at radius 1 is 1.35 bits per heavy atom. The minimum absolute atomic E-state index is 0.0394. The van der Waals surface area contributed by atoms with Crippen LogP contribution in [0.3, 0.4) is 0 Å². The van der Waals surface area contributed by atoms with Gasteiger partial charge in [-0.3, -0.25) is 4.79 Å². The van der Waals surface area contributed by atoms with Crippen molar-refractivity contribution in [1.82, 2.24) is 10.5 Å². The highest BCUT2D eigenvalue weighted by atomic mass is 16.5. The molecule has 1 fully saturated rings. The second-order valence-corrected chi connectivity index (χ2v) is 6.22. The lowest BCUT2D eigenvalue weighted by molar-refractivity contribution is -0.120. The molecule has 5 nitrogen and oxygen atoms in total. The number of anilines is 1. The number of nitrogens with one attached hydrogen (secondary N) is 1. The number of para-hydroxylation sites is 1. The Bertz CT molecular complexity index is 647. The third-order valence-electron chi connectivity index (χ3n) is 4.51. The van der Waals surface area contributed by atoms with Gasteiger partial charge in [0, 0.05) is 30.9 Å². The maximum absolute atomic E-state index is 12.1. The monoisotopic (exact) mass is 313 g/mol. The summed E-state index contributed by atoms with van der Waals surface area (Å²) in [5.74, 6) is 1.27. The number of amides is 1. The number of carbonyl (C=O) groups is 1. The van der Waals surface area contributed by atoms with Gasteiger partial charge in [0.1, 0.15) is 5.76 Å².